The Hall–Kier alpha value is -3.74. The number of carbonyl (C=O) groups is 1. The lowest BCUT2D eigenvalue weighted by molar-refractivity contribution is 0.0948. The number of H-pyrrole nitrogens is 1. The monoisotopic (exact) mass is 363 g/mol. The van der Waals surface area contributed by atoms with E-state index in [1.54, 1.807) is 6.07 Å². The molecule has 0 fully saturated rings. The zero-order valence-corrected chi connectivity index (χ0v) is 14.0. The Kier molecular flexibility index (Phi) is 4.25. The van der Waals surface area contributed by atoms with Crippen molar-refractivity contribution in [3.05, 3.63) is 88.2 Å². The van der Waals surface area contributed by atoms with Crippen LogP contribution >= 0.6 is 0 Å². The number of benzene rings is 2. The fraction of sp³-hybridized carbons (Fsp3) is 0.0500. The first-order chi connectivity index (χ1) is 13.1. The van der Waals surface area contributed by atoms with Gasteiger partial charge < -0.3 is 14.8 Å². The van der Waals surface area contributed by atoms with Crippen molar-refractivity contribution >= 4 is 16.8 Å². The summed E-state index contributed by atoms with van der Waals surface area (Å²) in [5.41, 5.74) is 1.60. The Labute approximate surface area is 152 Å². The van der Waals surface area contributed by atoms with E-state index in [0.29, 0.717) is 22.4 Å². The van der Waals surface area contributed by atoms with Gasteiger partial charge in [0.2, 0.25) is 5.56 Å². The maximum atomic E-state index is 13.5. The highest BCUT2D eigenvalue weighted by atomic mass is 19.1. The number of hydrogen-bond acceptors (Lipinski definition) is 4. The number of rotatable bonds is 4. The molecular weight excluding hydrogens is 349 g/mol. The molecule has 2 aromatic heterocycles. The summed E-state index contributed by atoms with van der Waals surface area (Å²) in [5, 5.41) is 6.98. The molecule has 0 spiro atoms. The van der Waals surface area contributed by atoms with Gasteiger partial charge in [-0.05, 0) is 18.2 Å². The molecule has 0 aliphatic carbocycles. The lowest BCUT2D eigenvalue weighted by Crippen LogP contribution is -2.24. The number of fused-ring (bicyclic) bond motifs is 1. The van der Waals surface area contributed by atoms with E-state index in [2.05, 4.69) is 15.5 Å². The molecule has 4 rings (SSSR count). The molecular formula is C20H14FN3O3. The van der Waals surface area contributed by atoms with E-state index in [4.69, 9.17) is 4.52 Å². The van der Waals surface area contributed by atoms with Crippen molar-refractivity contribution in [3.8, 4) is 11.3 Å². The molecule has 2 aromatic carbocycles. The van der Waals surface area contributed by atoms with Crippen molar-refractivity contribution in [3.63, 3.8) is 0 Å². The van der Waals surface area contributed by atoms with Gasteiger partial charge in [-0.25, -0.2) is 4.39 Å². The first kappa shape index (κ1) is 16.7. The van der Waals surface area contributed by atoms with Crippen molar-refractivity contribution in [2.75, 3.05) is 0 Å². The molecule has 0 bridgehead atoms. The van der Waals surface area contributed by atoms with Crippen LogP contribution in [0, 0.1) is 5.82 Å². The first-order valence-electron chi connectivity index (χ1n) is 8.22. The van der Waals surface area contributed by atoms with E-state index in [1.165, 1.54) is 18.2 Å². The minimum absolute atomic E-state index is 0.0856. The van der Waals surface area contributed by atoms with Gasteiger partial charge in [-0.1, -0.05) is 35.5 Å². The Morgan fingerprint density at radius 3 is 2.74 bits per heavy atom. The molecule has 7 heteroatoms. The number of hydrogen-bond donors (Lipinski definition) is 2. The smallest absolute Gasteiger partial charge is 0.252 e. The second-order valence-corrected chi connectivity index (χ2v) is 5.96. The topological polar surface area (TPSA) is 88.0 Å². The molecule has 0 unspecified atom stereocenters. The Morgan fingerprint density at radius 2 is 1.93 bits per heavy atom. The van der Waals surface area contributed by atoms with Crippen LogP contribution in [0.15, 0.2) is 70.0 Å². The molecule has 4 aromatic rings. The van der Waals surface area contributed by atoms with Gasteiger partial charge in [0, 0.05) is 28.6 Å². The number of amides is 1. The second-order valence-electron chi connectivity index (χ2n) is 5.96. The number of carbonyl (C=O) groups excluding carboxylic acids is 1. The minimum atomic E-state index is -0.505. The highest BCUT2D eigenvalue weighted by Gasteiger charge is 2.14. The van der Waals surface area contributed by atoms with E-state index in [9.17, 15) is 14.0 Å². The Balaban J connectivity index is 1.55. The number of nitrogens with zero attached hydrogens (tertiary/aromatic N) is 1. The SMILES string of the molecule is O=C(NCc1cc(-c2ccccc2)no1)c1cc(=O)[nH]c2ccc(F)cc12. The van der Waals surface area contributed by atoms with Crippen LogP contribution < -0.4 is 10.9 Å². The fourth-order valence-corrected chi connectivity index (χ4v) is 2.82. The van der Waals surface area contributed by atoms with Crippen LogP contribution in [0.4, 0.5) is 4.39 Å². The normalized spacial score (nSPS) is 10.9. The summed E-state index contributed by atoms with van der Waals surface area (Å²) in [5.74, 6) is -0.539. The Bertz CT molecular complexity index is 1180. The quantitative estimate of drug-likeness (QED) is 0.583. The lowest BCUT2D eigenvalue weighted by Gasteiger charge is -2.06. The average Bonchev–Trinajstić information content (AvgIpc) is 3.15. The maximum absolute atomic E-state index is 13.5. The fourth-order valence-electron chi connectivity index (χ4n) is 2.82. The molecule has 0 aliphatic heterocycles. The van der Waals surface area contributed by atoms with Gasteiger partial charge in [-0.3, -0.25) is 9.59 Å². The highest BCUT2D eigenvalue weighted by Crippen LogP contribution is 2.19. The Morgan fingerprint density at radius 1 is 1.11 bits per heavy atom. The van der Waals surface area contributed by atoms with Crippen molar-refractivity contribution in [2.45, 2.75) is 6.54 Å². The highest BCUT2D eigenvalue weighted by molar-refractivity contribution is 6.05. The van der Waals surface area contributed by atoms with Crippen molar-refractivity contribution in [2.24, 2.45) is 0 Å². The third-order valence-corrected chi connectivity index (χ3v) is 4.10. The minimum Gasteiger partial charge on any atom is -0.359 e. The van der Waals surface area contributed by atoms with Gasteiger partial charge in [0.1, 0.15) is 11.5 Å². The second kappa shape index (κ2) is 6.87. The van der Waals surface area contributed by atoms with Gasteiger partial charge in [-0.2, -0.15) is 0 Å². The van der Waals surface area contributed by atoms with Crippen molar-refractivity contribution < 1.29 is 13.7 Å². The predicted molar refractivity (Wildman–Crippen MR) is 97.6 cm³/mol. The molecule has 2 N–H and O–H groups in total. The molecule has 6 nitrogen and oxygen atoms in total. The van der Waals surface area contributed by atoms with Gasteiger partial charge in [-0.15, -0.1) is 0 Å². The van der Waals surface area contributed by atoms with E-state index in [1.807, 2.05) is 30.3 Å². The van der Waals surface area contributed by atoms with Gasteiger partial charge in [0.25, 0.3) is 5.91 Å². The van der Waals surface area contributed by atoms with Crippen LogP contribution in [0.1, 0.15) is 16.1 Å². The largest absolute Gasteiger partial charge is 0.359 e. The van der Waals surface area contributed by atoms with Crippen LogP contribution in [0.25, 0.3) is 22.2 Å². The average molecular weight is 363 g/mol. The molecule has 0 saturated carbocycles. The third kappa shape index (κ3) is 3.48. The number of aromatic amines is 1. The summed E-state index contributed by atoms with van der Waals surface area (Å²) in [6.07, 6.45) is 0. The summed E-state index contributed by atoms with van der Waals surface area (Å²) in [6, 6.07) is 16.2. The molecule has 0 atom stereocenters. The number of nitrogens with one attached hydrogen (secondary N) is 2. The molecule has 0 aliphatic rings. The molecule has 134 valence electrons. The predicted octanol–water partition coefficient (Wildman–Crippen LogP) is 3.25. The summed E-state index contributed by atoms with van der Waals surface area (Å²) >= 11 is 0. The number of pyridine rings is 1. The lowest BCUT2D eigenvalue weighted by atomic mass is 10.1. The van der Waals surface area contributed by atoms with Gasteiger partial charge in [0.15, 0.2) is 5.76 Å². The van der Waals surface area contributed by atoms with Crippen molar-refractivity contribution in [1.82, 2.24) is 15.5 Å². The standard InChI is InChI=1S/C20H14FN3O3/c21-13-6-7-17-15(8-13)16(10-19(25)23-17)20(26)22-11-14-9-18(24-27-14)12-4-2-1-3-5-12/h1-10H,11H2,(H,22,26)(H,23,25). The number of aromatic nitrogens is 2. The molecule has 0 saturated heterocycles. The van der Waals surface area contributed by atoms with Gasteiger partial charge in [0.05, 0.1) is 12.1 Å². The van der Waals surface area contributed by atoms with Crippen molar-refractivity contribution in [1.29, 1.82) is 0 Å². The van der Waals surface area contributed by atoms with Crippen LogP contribution in [-0.4, -0.2) is 16.0 Å². The van der Waals surface area contributed by atoms with Crippen LogP contribution in [-0.2, 0) is 6.54 Å². The molecule has 0 radical (unpaired) electrons. The third-order valence-electron chi connectivity index (χ3n) is 4.10. The van der Waals surface area contributed by atoms with Gasteiger partial charge >= 0.3 is 0 Å². The summed E-state index contributed by atoms with van der Waals surface area (Å²) in [6.45, 7) is 0.0856. The number of halogens is 1. The summed E-state index contributed by atoms with van der Waals surface area (Å²) in [4.78, 5) is 26.9. The molecule has 2 heterocycles. The molecule has 27 heavy (non-hydrogen) atoms. The van der Waals surface area contributed by atoms with E-state index >= 15 is 0 Å². The van der Waals surface area contributed by atoms with Crippen LogP contribution in [0.3, 0.4) is 0 Å². The van der Waals surface area contributed by atoms with Crippen LogP contribution in [0.5, 0.6) is 0 Å². The molecule has 1 amide bonds. The van der Waals surface area contributed by atoms with E-state index in [-0.39, 0.29) is 12.1 Å². The zero-order chi connectivity index (χ0) is 18.8. The first-order valence-corrected chi connectivity index (χ1v) is 8.22. The maximum Gasteiger partial charge on any atom is 0.252 e. The summed E-state index contributed by atoms with van der Waals surface area (Å²) < 4.78 is 18.8. The zero-order valence-electron chi connectivity index (χ0n) is 14.0. The van der Waals surface area contributed by atoms with Crippen LogP contribution in [0.2, 0.25) is 0 Å². The van der Waals surface area contributed by atoms with E-state index < -0.39 is 17.3 Å². The summed E-state index contributed by atoms with van der Waals surface area (Å²) in [7, 11) is 0. The van der Waals surface area contributed by atoms with E-state index in [0.717, 1.165) is 11.6 Å².